The molecule has 0 aliphatic rings. The quantitative estimate of drug-likeness (QED) is 0.714. The lowest BCUT2D eigenvalue weighted by atomic mass is 10.3. The fraction of sp³-hybridized carbons (Fsp3) is 0.250. The molecule has 0 aliphatic carbocycles. The van der Waals surface area contributed by atoms with E-state index >= 15 is 0 Å². The van der Waals surface area contributed by atoms with E-state index in [1.165, 1.54) is 12.1 Å². The third kappa shape index (κ3) is 2.34. The van der Waals surface area contributed by atoms with Crippen LogP contribution in [-0.4, -0.2) is 13.0 Å². The molecule has 12 heavy (non-hydrogen) atoms. The zero-order valence-electron chi connectivity index (χ0n) is 6.06. The van der Waals surface area contributed by atoms with Crippen molar-refractivity contribution >= 4 is 11.6 Å². The highest BCUT2D eigenvalue weighted by Crippen LogP contribution is 2.24. The first-order chi connectivity index (χ1) is 5.74. The molecule has 0 aliphatic heterocycles. The van der Waals surface area contributed by atoms with Crippen LogP contribution in [0.5, 0.6) is 5.75 Å². The number of rotatable bonds is 3. The lowest BCUT2D eigenvalue weighted by Crippen LogP contribution is -2.11. The minimum Gasteiger partial charge on any atom is -0.456 e. The number of alkyl halides is 2. The summed E-state index contributed by atoms with van der Waals surface area (Å²) in [5.41, 5.74) is 0. The van der Waals surface area contributed by atoms with Crippen LogP contribution in [0.1, 0.15) is 0 Å². The van der Waals surface area contributed by atoms with Gasteiger partial charge in [0.2, 0.25) is 0 Å². The highest BCUT2D eigenvalue weighted by atomic mass is 35.5. The van der Waals surface area contributed by atoms with E-state index in [-0.39, 0.29) is 10.8 Å². The highest BCUT2D eigenvalue weighted by Gasteiger charge is 2.08. The van der Waals surface area contributed by atoms with Gasteiger partial charge in [0, 0.05) is 0 Å². The van der Waals surface area contributed by atoms with Crippen LogP contribution in [0.25, 0.3) is 0 Å². The van der Waals surface area contributed by atoms with Crippen molar-refractivity contribution in [2.75, 3.05) is 6.67 Å². The molecule has 1 aromatic rings. The van der Waals surface area contributed by atoms with Gasteiger partial charge in [-0.25, -0.2) is 4.39 Å². The number of ether oxygens (including phenoxy) is 1. The Morgan fingerprint density at radius 3 is 3.00 bits per heavy atom. The Bertz CT molecular complexity index is 255. The summed E-state index contributed by atoms with van der Waals surface area (Å²) >= 11 is 5.59. The molecule has 0 heterocycles. The largest absolute Gasteiger partial charge is 0.456 e. The zero-order valence-corrected chi connectivity index (χ0v) is 6.81. The summed E-state index contributed by atoms with van der Waals surface area (Å²) < 4.78 is 28.5. The molecule has 1 atom stereocenters. The lowest BCUT2D eigenvalue weighted by molar-refractivity contribution is 0.0435. The van der Waals surface area contributed by atoms with Crippen molar-refractivity contribution in [3.05, 3.63) is 29.3 Å². The average molecular weight is 192 g/mol. The predicted octanol–water partition coefficient (Wildman–Crippen LogP) is 2.78. The Labute approximate surface area is 73.9 Å². The maximum Gasteiger partial charge on any atom is 0.266 e. The fourth-order valence-corrected chi connectivity index (χ4v) is 0.818. The van der Waals surface area contributed by atoms with Crippen LogP contribution in [0.15, 0.2) is 18.2 Å². The second kappa shape index (κ2) is 4.26. The van der Waals surface area contributed by atoms with Crippen LogP contribution in [0, 0.1) is 6.07 Å². The third-order valence-corrected chi connectivity index (χ3v) is 1.46. The lowest BCUT2D eigenvalue weighted by Gasteiger charge is -2.08. The van der Waals surface area contributed by atoms with Gasteiger partial charge in [0.1, 0.15) is 5.75 Å². The van der Waals surface area contributed by atoms with Crippen LogP contribution >= 0.6 is 11.6 Å². The third-order valence-electron chi connectivity index (χ3n) is 1.15. The van der Waals surface area contributed by atoms with Gasteiger partial charge in [-0.1, -0.05) is 17.7 Å². The molecule has 1 unspecified atom stereocenters. The summed E-state index contributed by atoms with van der Waals surface area (Å²) in [4.78, 5) is 0. The molecular formula is C8H6ClF2O. The summed E-state index contributed by atoms with van der Waals surface area (Å²) in [7, 11) is 0. The molecule has 1 radical (unpaired) electrons. The second-order valence-corrected chi connectivity index (χ2v) is 2.45. The van der Waals surface area contributed by atoms with Crippen LogP contribution in [0.4, 0.5) is 8.78 Å². The van der Waals surface area contributed by atoms with E-state index in [4.69, 9.17) is 11.6 Å². The number of halogens is 3. The van der Waals surface area contributed by atoms with Gasteiger partial charge in [0.05, 0.1) is 5.02 Å². The number of hydrogen-bond donors (Lipinski definition) is 0. The predicted molar refractivity (Wildman–Crippen MR) is 41.8 cm³/mol. The van der Waals surface area contributed by atoms with Gasteiger partial charge in [-0.3, -0.25) is 0 Å². The summed E-state index contributed by atoms with van der Waals surface area (Å²) in [5.74, 6) is 0.101. The molecule has 0 amide bonds. The molecule has 0 saturated heterocycles. The van der Waals surface area contributed by atoms with Crippen LogP contribution in [-0.2, 0) is 0 Å². The van der Waals surface area contributed by atoms with Crippen molar-refractivity contribution in [1.82, 2.24) is 0 Å². The fourth-order valence-electron chi connectivity index (χ4n) is 0.656. The normalized spacial score (nSPS) is 12.6. The van der Waals surface area contributed by atoms with Gasteiger partial charge in [-0.05, 0) is 18.2 Å². The first-order valence-corrected chi connectivity index (χ1v) is 3.64. The molecule has 0 N–H and O–H groups in total. The van der Waals surface area contributed by atoms with Gasteiger partial charge in [-0.15, -0.1) is 0 Å². The Morgan fingerprint density at radius 2 is 2.42 bits per heavy atom. The van der Waals surface area contributed by atoms with Crippen molar-refractivity contribution < 1.29 is 13.5 Å². The SMILES string of the molecule is FCC(F)Oc1c[c]ccc1Cl. The highest BCUT2D eigenvalue weighted by molar-refractivity contribution is 6.32. The smallest absolute Gasteiger partial charge is 0.266 e. The van der Waals surface area contributed by atoms with Gasteiger partial charge in [0.25, 0.3) is 6.36 Å². The summed E-state index contributed by atoms with van der Waals surface area (Å²) in [6, 6.07) is 7.03. The molecule has 0 spiro atoms. The summed E-state index contributed by atoms with van der Waals surface area (Å²) in [6.45, 7) is -1.19. The average Bonchev–Trinajstić information content (AvgIpc) is 2.09. The Hall–Kier alpha value is -0.830. The van der Waals surface area contributed by atoms with Crippen LogP contribution in [0.3, 0.4) is 0 Å². The minimum absolute atomic E-state index is 0.101. The van der Waals surface area contributed by atoms with E-state index in [9.17, 15) is 8.78 Å². The van der Waals surface area contributed by atoms with Crippen molar-refractivity contribution in [1.29, 1.82) is 0 Å². The first kappa shape index (κ1) is 9.26. The van der Waals surface area contributed by atoms with Gasteiger partial charge in [-0.2, -0.15) is 4.39 Å². The molecule has 1 nitrogen and oxygen atoms in total. The standard InChI is InChI=1S/C8H6ClF2O/c9-6-3-1-2-4-7(6)12-8(11)5-10/h1,3-4,8H,5H2. The number of hydrogen-bond acceptors (Lipinski definition) is 1. The van der Waals surface area contributed by atoms with Gasteiger partial charge in [0.15, 0.2) is 6.67 Å². The van der Waals surface area contributed by atoms with E-state index in [1.807, 2.05) is 0 Å². The summed E-state index contributed by atoms with van der Waals surface area (Å²) in [6.07, 6.45) is -1.96. The molecule has 0 fully saturated rings. The number of benzene rings is 1. The van der Waals surface area contributed by atoms with E-state index in [0.29, 0.717) is 0 Å². The molecule has 0 saturated carbocycles. The Kier molecular flexibility index (Phi) is 3.29. The molecule has 4 heteroatoms. The Morgan fingerprint density at radius 1 is 1.67 bits per heavy atom. The molecule has 1 aromatic carbocycles. The zero-order chi connectivity index (χ0) is 8.97. The van der Waals surface area contributed by atoms with Crippen molar-refractivity contribution in [3.63, 3.8) is 0 Å². The minimum atomic E-state index is -1.96. The van der Waals surface area contributed by atoms with E-state index in [1.54, 1.807) is 6.07 Å². The molecule has 65 valence electrons. The maximum atomic E-state index is 12.3. The Balaban J connectivity index is 2.69. The molecular weight excluding hydrogens is 186 g/mol. The van der Waals surface area contributed by atoms with Crippen molar-refractivity contribution in [2.24, 2.45) is 0 Å². The van der Waals surface area contributed by atoms with Crippen LogP contribution < -0.4 is 4.74 Å². The summed E-state index contributed by atoms with van der Waals surface area (Å²) in [5, 5.41) is 0.241. The molecule has 0 bridgehead atoms. The molecule has 0 aromatic heterocycles. The van der Waals surface area contributed by atoms with Gasteiger partial charge >= 0.3 is 0 Å². The molecule has 1 rings (SSSR count). The first-order valence-electron chi connectivity index (χ1n) is 3.26. The maximum absolute atomic E-state index is 12.3. The van der Waals surface area contributed by atoms with Crippen molar-refractivity contribution in [2.45, 2.75) is 6.36 Å². The van der Waals surface area contributed by atoms with E-state index in [2.05, 4.69) is 10.8 Å². The van der Waals surface area contributed by atoms with Crippen LogP contribution in [0.2, 0.25) is 5.02 Å². The van der Waals surface area contributed by atoms with E-state index in [0.717, 1.165) is 0 Å². The monoisotopic (exact) mass is 191 g/mol. The van der Waals surface area contributed by atoms with Gasteiger partial charge < -0.3 is 4.74 Å². The topological polar surface area (TPSA) is 9.23 Å². The second-order valence-electron chi connectivity index (χ2n) is 2.04. The van der Waals surface area contributed by atoms with E-state index < -0.39 is 13.0 Å². The van der Waals surface area contributed by atoms with Crippen molar-refractivity contribution in [3.8, 4) is 5.75 Å².